The number of benzene rings is 2. The number of sulfonamides is 1. The molecule has 0 radical (unpaired) electrons. The third-order valence-corrected chi connectivity index (χ3v) is 9.35. The van der Waals surface area contributed by atoms with Crippen LogP contribution in [-0.2, 0) is 15.6 Å². The Morgan fingerprint density at radius 1 is 1.14 bits per heavy atom. The third kappa shape index (κ3) is 5.56. The summed E-state index contributed by atoms with van der Waals surface area (Å²) < 4.78 is 78.7. The van der Waals surface area contributed by atoms with Gasteiger partial charge in [0.25, 0.3) is 0 Å². The Morgan fingerprint density at radius 3 is 2.55 bits per heavy atom. The molecule has 15 heteroatoms. The van der Waals surface area contributed by atoms with E-state index in [1.807, 2.05) is 0 Å². The molecule has 5 aromatic rings. The zero-order valence-electron chi connectivity index (χ0n) is 23.1. The lowest BCUT2D eigenvalue weighted by atomic mass is 10.0. The zero-order chi connectivity index (χ0) is 31.4. The quantitative estimate of drug-likeness (QED) is 0.214. The number of aromatic nitrogens is 5. The van der Waals surface area contributed by atoms with Gasteiger partial charge in [-0.25, -0.2) is 32.5 Å². The summed E-state index contributed by atoms with van der Waals surface area (Å²) in [6.07, 6.45) is 5.49. The number of hydrogen-bond donors (Lipinski definition) is 2. The molecule has 0 fully saturated rings. The summed E-state index contributed by atoms with van der Waals surface area (Å²) in [6.45, 7) is -0.0652. The molecule has 6 rings (SSSR count). The predicted molar refractivity (Wildman–Crippen MR) is 157 cm³/mol. The number of fused-ring (bicyclic) bond motifs is 3. The van der Waals surface area contributed by atoms with E-state index in [0.29, 0.717) is 21.1 Å². The number of rotatable bonds is 8. The van der Waals surface area contributed by atoms with Gasteiger partial charge in [-0.3, -0.25) is 4.98 Å². The van der Waals surface area contributed by atoms with Crippen LogP contribution in [0.15, 0.2) is 76.6 Å². The average molecular weight is 690 g/mol. The average Bonchev–Trinajstić information content (AvgIpc) is 3.49. The Labute approximate surface area is 258 Å². The van der Waals surface area contributed by atoms with E-state index in [4.69, 9.17) is 4.74 Å². The second-order valence-electron chi connectivity index (χ2n) is 10.7. The van der Waals surface area contributed by atoms with Crippen LogP contribution in [0.5, 0.6) is 5.75 Å². The molecule has 2 aromatic carbocycles. The molecule has 10 nitrogen and oxygen atoms in total. The monoisotopic (exact) mass is 688 g/mol. The Balaban J connectivity index is 1.53. The van der Waals surface area contributed by atoms with Crippen molar-refractivity contribution in [3.63, 3.8) is 0 Å². The van der Waals surface area contributed by atoms with Gasteiger partial charge in [0.15, 0.2) is 5.82 Å². The summed E-state index contributed by atoms with van der Waals surface area (Å²) in [5, 5.41) is 10.2. The van der Waals surface area contributed by atoms with Crippen LogP contribution >= 0.6 is 15.9 Å². The van der Waals surface area contributed by atoms with Gasteiger partial charge in [0.1, 0.15) is 27.9 Å². The van der Waals surface area contributed by atoms with E-state index in [0.717, 1.165) is 0 Å². The van der Waals surface area contributed by atoms with Crippen molar-refractivity contribution in [2.24, 2.45) is 0 Å². The molecule has 3 aromatic heterocycles. The smallest absolute Gasteiger partial charge is 0.387 e. The van der Waals surface area contributed by atoms with Crippen molar-refractivity contribution in [3.8, 4) is 16.9 Å². The number of hydrogen-bond acceptors (Lipinski definition) is 8. The van der Waals surface area contributed by atoms with Crippen molar-refractivity contribution >= 4 is 37.0 Å². The first-order valence-electron chi connectivity index (χ1n) is 13.3. The van der Waals surface area contributed by atoms with Crippen molar-refractivity contribution < 1.29 is 31.4 Å². The summed E-state index contributed by atoms with van der Waals surface area (Å²) in [6, 6.07) is 8.52. The highest BCUT2D eigenvalue weighted by molar-refractivity contribution is 9.10. The Hall–Kier alpha value is -3.92. The van der Waals surface area contributed by atoms with Crippen LogP contribution in [0.1, 0.15) is 49.6 Å². The number of aliphatic hydroxyl groups is 1. The molecule has 0 amide bonds. The second-order valence-corrected chi connectivity index (χ2v) is 13.2. The number of halogens is 4. The fraction of sp³-hybridized carbons (Fsp3) is 0.241. The first-order chi connectivity index (χ1) is 20.8. The largest absolute Gasteiger partial charge is 0.434 e. The summed E-state index contributed by atoms with van der Waals surface area (Å²) in [5.41, 5.74) is 0.0967. The van der Waals surface area contributed by atoms with Gasteiger partial charge in [0, 0.05) is 52.0 Å². The van der Waals surface area contributed by atoms with Gasteiger partial charge in [-0.1, -0.05) is 22.0 Å². The Morgan fingerprint density at radius 2 is 1.89 bits per heavy atom. The van der Waals surface area contributed by atoms with E-state index < -0.39 is 40.1 Å². The van der Waals surface area contributed by atoms with Crippen LogP contribution in [0.4, 0.5) is 13.2 Å². The molecule has 4 heterocycles. The van der Waals surface area contributed by atoms with Crippen molar-refractivity contribution in [2.75, 3.05) is 0 Å². The standard InChI is InChI=1S/C29H24BrF3N6O4S/c1-29(2,40)27-35-12-15(13-36-27)17-9-22-20(10-19(17)31)37-26-21(38-44(41,42)16-5-4-8-34-14-16)11-23(39(22)26)25-18(30)6-3-7-24(25)43-28(32)33/h3-10,12-14,21,23,28,38,40H,11H2,1-2H3/t21?,23-/m1/s1. The number of ether oxygens (including phenoxy) is 1. The molecule has 0 spiro atoms. The summed E-state index contributed by atoms with van der Waals surface area (Å²) in [5.74, 6) is -0.347. The predicted octanol–water partition coefficient (Wildman–Crippen LogP) is 5.63. The summed E-state index contributed by atoms with van der Waals surface area (Å²) in [7, 11) is -4.08. The van der Waals surface area contributed by atoms with E-state index in [1.165, 1.54) is 69.0 Å². The van der Waals surface area contributed by atoms with Gasteiger partial charge in [-0.2, -0.15) is 8.78 Å². The minimum atomic E-state index is -4.08. The molecule has 1 unspecified atom stereocenters. The fourth-order valence-corrected chi connectivity index (χ4v) is 7.08. The topological polar surface area (TPSA) is 132 Å². The molecule has 0 saturated carbocycles. The second kappa shape index (κ2) is 11.2. The number of pyridine rings is 1. The molecule has 2 atom stereocenters. The lowest BCUT2D eigenvalue weighted by Gasteiger charge is -2.21. The highest BCUT2D eigenvalue weighted by Gasteiger charge is 2.40. The number of nitrogens with one attached hydrogen (secondary N) is 1. The van der Waals surface area contributed by atoms with Gasteiger partial charge in [0.05, 0.1) is 23.1 Å². The van der Waals surface area contributed by atoms with Crippen LogP contribution in [0.3, 0.4) is 0 Å². The van der Waals surface area contributed by atoms with Crippen LogP contribution in [0, 0.1) is 5.82 Å². The highest BCUT2D eigenvalue weighted by Crippen LogP contribution is 2.47. The number of nitrogens with zero attached hydrogens (tertiary/aromatic N) is 5. The van der Waals surface area contributed by atoms with Crippen molar-refractivity contribution in [3.05, 3.63) is 94.8 Å². The molecule has 1 aliphatic rings. The molecule has 0 aliphatic carbocycles. The molecule has 0 bridgehead atoms. The minimum absolute atomic E-state index is 0.0726. The molecule has 0 saturated heterocycles. The molecule has 44 heavy (non-hydrogen) atoms. The SMILES string of the molecule is CC(C)(O)c1ncc(-c2cc3c(cc2F)nc2n3[C@@H](c3c(Br)cccc3OC(F)F)CC2NS(=O)(=O)c2cccnc2)cn1. The Bertz CT molecular complexity index is 1970. The lowest BCUT2D eigenvalue weighted by molar-refractivity contribution is -0.0507. The lowest BCUT2D eigenvalue weighted by Crippen LogP contribution is -2.28. The first-order valence-corrected chi connectivity index (χ1v) is 15.5. The maximum Gasteiger partial charge on any atom is 0.387 e. The number of imidazole rings is 1. The van der Waals surface area contributed by atoms with Gasteiger partial charge in [-0.05, 0) is 50.6 Å². The zero-order valence-corrected chi connectivity index (χ0v) is 25.5. The van der Waals surface area contributed by atoms with Crippen LogP contribution < -0.4 is 9.46 Å². The summed E-state index contributed by atoms with van der Waals surface area (Å²) in [4.78, 5) is 16.8. The van der Waals surface area contributed by atoms with E-state index in [-0.39, 0.29) is 39.8 Å². The molecule has 1 aliphatic heterocycles. The first kappa shape index (κ1) is 30.1. The van der Waals surface area contributed by atoms with Crippen molar-refractivity contribution in [2.45, 2.75) is 49.5 Å². The Kier molecular flexibility index (Phi) is 7.68. The normalized spacial score (nSPS) is 16.9. The summed E-state index contributed by atoms with van der Waals surface area (Å²) >= 11 is 3.45. The van der Waals surface area contributed by atoms with Crippen LogP contribution in [0.2, 0.25) is 0 Å². The van der Waals surface area contributed by atoms with Gasteiger partial charge < -0.3 is 14.4 Å². The molecular formula is C29H24BrF3N6O4S. The minimum Gasteiger partial charge on any atom is -0.434 e. The molecular weight excluding hydrogens is 665 g/mol. The molecule has 228 valence electrons. The van der Waals surface area contributed by atoms with E-state index >= 15 is 4.39 Å². The van der Waals surface area contributed by atoms with Gasteiger partial charge in [0.2, 0.25) is 10.0 Å². The van der Waals surface area contributed by atoms with Crippen molar-refractivity contribution in [1.29, 1.82) is 0 Å². The van der Waals surface area contributed by atoms with E-state index in [1.54, 1.807) is 16.7 Å². The van der Waals surface area contributed by atoms with Crippen LogP contribution in [-0.4, -0.2) is 44.6 Å². The maximum absolute atomic E-state index is 15.5. The van der Waals surface area contributed by atoms with Gasteiger partial charge in [-0.15, -0.1) is 0 Å². The van der Waals surface area contributed by atoms with Crippen molar-refractivity contribution in [1.82, 2.24) is 29.2 Å². The maximum atomic E-state index is 15.5. The van der Waals surface area contributed by atoms with E-state index in [9.17, 15) is 22.3 Å². The van der Waals surface area contributed by atoms with E-state index in [2.05, 4.69) is 40.6 Å². The van der Waals surface area contributed by atoms with Crippen LogP contribution in [0.25, 0.3) is 22.2 Å². The highest BCUT2D eigenvalue weighted by atomic mass is 79.9. The van der Waals surface area contributed by atoms with Gasteiger partial charge >= 0.3 is 6.61 Å². The molecule has 2 N–H and O–H groups in total. The third-order valence-electron chi connectivity index (χ3n) is 7.20. The fourth-order valence-electron chi connectivity index (χ4n) is 5.29. The number of alkyl halides is 2.